The van der Waals surface area contributed by atoms with Gasteiger partial charge in [-0.25, -0.2) is 8.78 Å². The zero-order valence-corrected chi connectivity index (χ0v) is 37.1. The Hall–Kier alpha value is -1.44. The van der Waals surface area contributed by atoms with Crippen LogP contribution in [0.2, 0.25) is 0 Å². The molecule has 0 aromatic rings. The lowest BCUT2D eigenvalue weighted by Gasteiger charge is -2.32. The van der Waals surface area contributed by atoms with Crippen LogP contribution in [0.25, 0.3) is 0 Å². The van der Waals surface area contributed by atoms with Crippen LogP contribution in [0, 0.1) is 71.0 Å². The molecular formula is C54H88F2. The van der Waals surface area contributed by atoms with E-state index in [1.54, 1.807) is 23.3 Å². The van der Waals surface area contributed by atoms with Crippen LogP contribution in [0.15, 0.2) is 60.3 Å². The fraction of sp³-hybridized carbons (Fsp3) is 0.815. The molecule has 6 fully saturated rings. The summed E-state index contributed by atoms with van der Waals surface area (Å²) in [5.41, 5.74) is 3.35. The summed E-state index contributed by atoms with van der Waals surface area (Å²) in [6.45, 7) is 9.64. The first-order chi connectivity index (χ1) is 27.3. The molecule has 6 aliphatic carbocycles. The van der Waals surface area contributed by atoms with Gasteiger partial charge in [0, 0.05) is 0 Å². The quantitative estimate of drug-likeness (QED) is 0.164. The summed E-state index contributed by atoms with van der Waals surface area (Å²) in [5.74, 6) is 10.4. The van der Waals surface area contributed by atoms with E-state index >= 15 is 0 Å². The molecular weight excluding hydrogens is 687 g/mol. The highest BCUT2D eigenvalue weighted by Gasteiger charge is 2.27. The Bertz CT molecular complexity index is 1190. The Morgan fingerprint density at radius 3 is 1.09 bits per heavy atom. The van der Waals surface area contributed by atoms with Crippen molar-refractivity contribution in [3.8, 4) is 0 Å². The van der Waals surface area contributed by atoms with Crippen molar-refractivity contribution in [2.45, 2.75) is 207 Å². The molecule has 56 heavy (non-hydrogen) atoms. The third-order valence-electron chi connectivity index (χ3n) is 16.6. The molecule has 0 unspecified atom stereocenters. The fourth-order valence-electron chi connectivity index (χ4n) is 12.2. The van der Waals surface area contributed by atoms with Gasteiger partial charge in [-0.3, -0.25) is 0 Å². The number of halogens is 2. The molecule has 0 aromatic carbocycles. The number of hydrogen-bond donors (Lipinski definition) is 0. The zero-order chi connectivity index (χ0) is 39.5. The van der Waals surface area contributed by atoms with Gasteiger partial charge in [-0.15, -0.1) is 0 Å². The minimum Gasteiger partial charge on any atom is -0.216 e. The van der Waals surface area contributed by atoms with Gasteiger partial charge in [0.25, 0.3) is 0 Å². The lowest BCUT2D eigenvalue weighted by atomic mass is 9.73. The third kappa shape index (κ3) is 16.3. The van der Waals surface area contributed by atoms with Gasteiger partial charge in [-0.1, -0.05) is 113 Å². The molecule has 0 aromatic heterocycles. The summed E-state index contributed by atoms with van der Waals surface area (Å²) in [6, 6.07) is 0. The molecule has 0 aliphatic heterocycles. The molecule has 0 radical (unpaired) electrons. The maximum absolute atomic E-state index is 12.2. The van der Waals surface area contributed by atoms with Crippen molar-refractivity contribution in [1.29, 1.82) is 0 Å². The average molecular weight is 775 g/mol. The van der Waals surface area contributed by atoms with Crippen molar-refractivity contribution in [3.05, 3.63) is 60.3 Å². The molecule has 0 N–H and O–H groups in total. The van der Waals surface area contributed by atoms with Gasteiger partial charge in [0.2, 0.25) is 0 Å². The van der Waals surface area contributed by atoms with Crippen LogP contribution in [-0.2, 0) is 0 Å². The minimum atomic E-state index is 0.714. The summed E-state index contributed by atoms with van der Waals surface area (Å²) in [7, 11) is 0. The van der Waals surface area contributed by atoms with Crippen molar-refractivity contribution >= 4 is 0 Å². The lowest BCUT2D eigenvalue weighted by Crippen LogP contribution is -2.19. The second-order valence-corrected chi connectivity index (χ2v) is 21.0. The first kappa shape index (κ1) is 45.6. The van der Waals surface area contributed by atoms with Gasteiger partial charge < -0.3 is 0 Å². The van der Waals surface area contributed by atoms with Crippen molar-refractivity contribution < 1.29 is 8.78 Å². The van der Waals surface area contributed by atoms with Crippen LogP contribution in [0.3, 0.4) is 0 Å². The highest BCUT2D eigenvalue weighted by Crippen LogP contribution is 2.41. The molecule has 6 rings (SSSR count). The molecule has 0 nitrogen and oxygen atoms in total. The molecule has 0 saturated heterocycles. The fourth-order valence-corrected chi connectivity index (χ4v) is 12.2. The molecule has 2 heteroatoms. The van der Waals surface area contributed by atoms with Gasteiger partial charge >= 0.3 is 0 Å². The SMILES string of the molecule is C/C(=C\C1CCC(C/C=C/F)CC1)C1CCC(CCC2CCC(C)CC2)CC1.CC(=CC1CCC(C/C=C/F)CC1)C1CCC(C=CC2CCC(C)CC2)CC1. The second kappa shape index (κ2) is 25.2. The van der Waals surface area contributed by atoms with E-state index in [9.17, 15) is 8.78 Å². The summed E-state index contributed by atoms with van der Waals surface area (Å²) in [6.07, 6.45) is 53.6. The molecule has 0 spiro atoms. The van der Waals surface area contributed by atoms with E-state index in [2.05, 4.69) is 52.0 Å². The molecule has 6 aliphatic rings. The van der Waals surface area contributed by atoms with E-state index in [-0.39, 0.29) is 0 Å². The maximum atomic E-state index is 12.2. The van der Waals surface area contributed by atoms with E-state index in [4.69, 9.17) is 0 Å². The summed E-state index contributed by atoms with van der Waals surface area (Å²) in [4.78, 5) is 0. The Morgan fingerprint density at radius 1 is 0.393 bits per heavy atom. The highest BCUT2D eigenvalue weighted by atomic mass is 19.1. The van der Waals surface area contributed by atoms with Gasteiger partial charge in [0.05, 0.1) is 12.7 Å². The zero-order valence-electron chi connectivity index (χ0n) is 37.1. The van der Waals surface area contributed by atoms with Crippen LogP contribution in [-0.4, -0.2) is 0 Å². The van der Waals surface area contributed by atoms with Crippen LogP contribution in [0.4, 0.5) is 8.78 Å². The first-order valence-electron chi connectivity index (χ1n) is 24.8. The monoisotopic (exact) mass is 775 g/mol. The van der Waals surface area contributed by atoms with Crippen molar-refractivity contribution in [1.82, 2.24) is 0 Å². The summed E-state index contributed by atoms with van der Waals surface area (Å²) >= 11 is 0. The highest BCUT2D eigenvalue weighted by molar-refractivity contribution is 5.10. The predicted octanol–water partition coefficient (Wildman–Crippen LogP) is 17.8. The summed E-state index contributed by atoms with van der Waals surface area (Å²) in [5, 5.41) is 0. The second-order valence-electron chi connectivity index (χ2n) is 21.0. The van der Waals surface area contributed by atoms with Gasteiger partial charge in [0.1, 0.15) is 0 Å². The maximum Gasteiger partial charge on any atom is 0.0827 e. The Kier molecular flexibility index (Phi) is 20.6. The third-order valence-corrected chi connectivity index (χ3v) is 16.6. The molecule has 0 heterocycles. The first-order valence-corrected chi connectivity index (χ1v) is 24.8. The number of rotatable bonds is 13. The van der Waals surface area contributed by atoms with E-state index in [1.807, 2.05) is 0 Å². The molecule has 0 bridgehead atoms. The van der Waals surface area contributed by atoms with Crippen LogP contribution < -0.4 is 0 Å². The Morgan fingerprint density at radius 2 is 0.696 bits per heavy atom. The standard InChI is InChI=1S/C27H45F.C27H43F/c2*1-21-5-7-24(8-6-21)9-10-25-15-17-27(18-16-25)22(2)20-26-13-11-23(12-14-26)4-3-19-28/h3,19-21,23-27H,4-18H2,1-2H3;3,9-10,19-21,23-27H,4-8,11-18H2,1-2H3/b19-3+,22-20+;10-9?,19-3+,22-20?. The molecule has 0 atom stereocenters. The van der Waals surface area contributed by atoms with Crippen molar-refractivity contribution in [2.24, 2.45) is 71.0 Å². The van der Waals surface area contributed by atoms with Crippen LogP contribution in [0.1, 0.15) is 207 Å². The minimum absolute atomic E-state index is 0.714. The van der Waals surface area contributed by atoms with E-state index in [1.165, 1.54) is 167 Å². The topological polar surface area (TPSA) is 0 Å². The van der Waals surface area contributed by atoms with E-state index in [0.29, 0.717) is 5.92 Å². The van der Waals surface area contributed by atoms with Gasteiger partial charge in [0.15, 0.2) is 0 Å². The van der Waals surface area contributed by atoms with E-state index < -0.39 is 0 Å². The largest absolute Gasteiger partial charge is 0.216 e. The molecule has 318 valence electrons. The van der Waals surface area contributed by atoms with Crippen LogP contribution in [0.5, 0.6) is 0 Å². The van der Waals surface area contributed by atoms with Gasteiger partial charge in [-0.2, -0.15) is 0 Å². The normalized spacial score (nSPS) is 38.2. The Balaban J connectivity index is 0.000000214. The van der Waals surface area contributed by atoms with Crippen molar-refractivity contribution in [3.63, 3.8) is 0 Å². The molecule has 0 amide bonds. The number of hydrogen-bond acceptors (Lipinski definition) is 0. The molecule has 6 saturated carbocycles. The lowest BCUT2D eigenvalue weighted by molar-refractivity contribution is 0.230. The summed E-state index contributed by atoms with van der Waals surface area (Å²) < 4.78 is 24.4. The van der Waals surface area contributed by atoms with E-state index in [0.717, 1.165) is 90.6 Å². The van der Waals surface area contributed by atoms with Gasteiger partial charge in [-0.05, 0) is 213 Å². The predicted molar refractivity (Wildman–Crippen MR) is 240 cm³/mol. The Labute approximate surface area is 346 Å². The average Bonchev–Trinajstić information content (AvgIpc) is 3.23. The van der Waals surface area contributed by atoms with Crippen LogP contribution >= 0.6 is 0 Å². The smallest absolute Gasteiger partial charge is 0.0827 e. The number of allylic oxidation sites excluding steroid dienone is 8. The van der Waals surface area contributed by atoms with Crippen molar-refractivity contribution in [2.75, 3.05) is 0 Å².